The summed E-state index contributed by atoms with van der Waals surface area (Å²) in [4.78, 5) is 17.9. The first kappa shape index (κ1) is 19.2. The van der Waals surface area contributed by atoms with E-state index in [4.69, 9.17) is 4.52 Å². The molecule has 2 aliphatic rings. The molecule has 1 N–H and O–H groups in total. The van der Waals surface area contributed by atoms with Crippen LogP contribution in [0.25, 0.3) is 11.1 Å². The van der Waals surface area contributed by atoms with E-state index >= 15 is 0 Å². The van der Waals surface area contributed by atoms with Crippen LogP contribution < -0.4 is 5.32 Å². The van der Waals surface area contributed by atoms with Crippen LogP contribution in [0.15, 0.2) is 39.8 Å². The number of benzene rings is 1. The summed E-state index contributed by atoms with van der Waals surface area (Å²) in [5.41, 5.74) is 2.85. The lowest BCUT2D eigenvalue weighted by Crippen LogP contribution is -2.18. The lowest BCUT2D eigenvalue weighted by Gasteiger charge is -2.12. The quantitative estimate of drug-likeness (QED) is 0.651. The van der Waals surface area contributed by atoms with E-state index in [9.17, 15) is 13.2 Å². The fourth-order valence-electron chi connectivity index (χ4n) is 4.20. The Morgan fingerprint density at radius 3 is 2.47 bits per heavy atom. The Hall–Kier alpha value is -2.74. The predicted molar refractivity (Wildman–Crippen MR) is 112 cm³/mol. The van der Waals surface area contributed by atoms with Gasteiger partial charge in [0.25, 0.3) is 11.6 Å². The summed E-state index contributed by atoms with van der Waals surface area (Å²) in [5.74, 6) is 0.0773. The number of nitrogens with zero attached hydrogens (tertiary/aromatic N) is 2. The van der Waals surface area contributed by atoms with E-state index in [1.54, 1.807) is 31.2 Å². The highest BCUT2D eigenvalue weighted by Crippen LogP contribution is 2.40. The van der Waals surface area contributed by atoms with Crippen molar-refractivity contribution in [1.29, 1.82) is 0 Å². The van der Waals surface area contributed by atoms with Crippen molar-refractivity contribution in [3.63, 3.8) is 0 Å². The zero-order valence-electron chi connectivity index (χ0n) is 16.7. The molecule has 2 saturated carbocycles. The largest absolute Gasteiger partial charge is 0.336 e. The lowest BCUT2D eigenvalue weighted by molar-refractivity contribution is 0.102. The highest BCUT2D eigenvalue weighted by molar-refractivity contribution is 7.92. The monoisotopic (exact) mass is 425 g/mol. The van der Waals surface area contributed by atoms with Gasteiger partial charge in [0.05, 0.1) is 26.8 Å². The van der Waals surface area contributed by atoms with Crippen LogP contribution in [0.4, 0.5) is 5.69 Å². The molecule has 2 aromatic heterocycles. The number of fused-ring (bicyclic) bond motifs is 1. The third kappa shape index (κ3) is 3.39. The Bertz CT molecular complexity index is 1220. The molecule has 30 heavy (non-hydrogen) atoms. The van der Waals surface area contributed by atoms with Crippen LogP contribution in [0.1, 0.15) is 66.2 Å². The second-order valence-electron chi connectivity index (χ2n) is 8.25. The molecule has 1 aromatic carbocycles. The molecule has 2 heterocycles. The van der Waals surface area contributed by atoms with Gasteiger partial charge in [0, 0.05) is 17.3 Å². The number of aromatic nitrogens is 2. The van der Waals surface area contributed by atoms with Gasteiger partial charge in [-0.3, -0.25) is 4.79 Å². The topological polar surface area (TPSA) is 102 Å². The standard InChI is InChI=1S/C22H23N3O4S/c1-13-20-18(12-19(14-6-7-14)24-22(20)29-25-13)21(26)23-15-8-10-17(11-9-15)30(27,28)16-4-2-3-5-16/h8-12,14,16H,2-7H2,1H3,(H,23,26). The van der Waals surface area contributed by atoms with E-state index in [0.717, 1.165) is 44.2 Å². The molecule has 0 atom stereocenters. The van der Waals surface area contributed by atoms with Crippen LogP contribution in [0.2, 0.25) is 0 Å². The van der Waals surface area contributed by atoms with Crippen LogP contribution in [-0.2, 0) is 9.84 Å². The molecule has 156 valence electrons. The van der Waals surface area contributed by atoms with Gasteiger partial charge < -0.3 is 9.84 Å². The van der Waals surface area contributed by atoms with Crippen molar-refractivity contribution < 1.29 is 17.7 Å². The van der Waals surface area contributed by atoms with Gasteiger partial charge in [-0.25, -0.2) is 13.4 Å². The third-order valence-electron chi connectivity index (χ3n) is 6.06. The first-order valence-corrected chi connectivity index (χ1v) is 11.9. The molecule has 2 fully saturated rings. The number of hydrogen-bond donors (Lipinski definition) is 1. The van der Waals surface area contributed by atoms with Crippen molar-refractivity contribution in [2.24, 2.45) is 0 Å². The number of hydrogen-bond acceptors (Lipinski definition) is 6. The van der Waals surface area contributed by atoms with Crippen LogP contribution in [0.5, 0.6) is 0 Å². The van der Waals surface area contributed by atoms with Crippen molar-refractivity contribution in [2.75, 3.05) is 5.32 Å². The average Bonchev–Trinajstić information content (AvgIpc) is 3.30. The van der Waals surface area contributed by atoms with Gasteiger partial charge in [-0.15, -0.1) is 0 Å². The van der Waals surface area contributed by atoms with Crippen LogP contribution in [0, 0.1) is 6.92 Å². The smallest absolute Gasteiger partial charge is 0.259 e. The predicted octanol–water partition coefficient (Wildman–Crippen LogP) is 4.38. The Labute approximate surface area is 174 Å². The summed E-state index contributed by atoms with van der Waals surface area (Å²) in [5, 5.41) is 7.15. The molecule has 0 radical (unpaired) electrons. The van der Waals surface area contributed by atoms with E-state index in [0.29, 0.717) is 38.9 Å². The van der Waals surface area contributed by atoms with Crippen molar-refractivity contribution in [2.45, 2.75) is 61.5 Å². The molecule has 3 aromatic rings. The van der Waals surface area contributed by atoms with Gasteiger partial charge in [0.1, 0.15) is 0 Å². The molecule has 5 rings (SSSR count). The third-order valence-corrected chi connectivity index (χ3v) is 8.34. The lowest BCUT2D eigenvalue weighted by atomic mass is 10.1. The number of pyridine rings is 1. The Balaban J connectivity index is 1.41. The Kier molecular flexibility index (Phi) is 4.61. The second kappa shape index (κ2) is 7.19. The molecule has 7 nitrogen and oxygen atoms in total. The van der Waals surface area contributed by atoms with Crippen LogP contribution >= 0.6 is 0 Å². The Morgan fingerprint density at radius 1 is 1.10 bits per heavy atom. The van der Waals surface area contributed by atoms with Gasteiger partial charge in [-0.05, 0) is 62.9 Å². The minimum atomic E-state index is -3.31. The average molecular weight is 426 g/mol. The molecule has 0 saturated heterocycles. The minimum Gasteiger partial charge on any atom is -0.336 e. The molecule has 2 aliphatic carbocycles. The van der Waals surface area contributed by atoms with Crippen molar-refractivity contribution in [3.8, 4) is 0 Å². The van der Waals surface area contributed by atoms with Crippen LogP contribution in [0.3, 0.4) is 0 Å². The van der Waals surface area contributed by atoms with Gasteiger partial charge >= 0.3 is 0 Å². The molecule has 0 aliphatic heterocycles. The van der Waals surface area contributed by atoms with Gasteiger partial charge in [0.15, 0.2) is 9.84 Å². The first-order chi connectivity index (χ1) is 14.4. The van der Waals surface area contributed by atoms with E-state index in [2.05, 4.69) is 15.5 Å². The van der Waals surface area contributed by atoms with Gasteiger partial charge in [-0.2, -0.15) is 0 Å². The molecular weight excluding hydrogens is 402 g/mol. The maximum absolute atomic E-state index is 13.0. The molecular formula is C22H23N3O4S. The number of nitrogens with one attached hydrogen (secondary N) is 1. The summed E-state index contributed by atoms with van der Waals surface area (Å²) in [6.45, 7) is 1.78. The summed E-state index contributed by atoms with van der Waals surface area (Å²) in [7, 11) is -3.31. The number of carbonyl (C=O) groups is 1. The fraction of sp³-hybridized carbons (Fsp3) is 0.409. The van der Waals surface area contributed by atoms with E-state index in [1.807, 2.05) is 6.07 Å². The maximum atomic E-state index is 13.0. The minimum absolute atomic E-state index is 0.290. The van der Waals surface area contributed by atoms with E-state index in [1.165, 1.54) is 0 Å². The Morgan fingerprint density at radius 2 is 1.80 bits per heavy atom. The maximum Gasteiger partial charge on any atom is 0.259 e. The zero-order valence-corrected chi connectivity index (χ0v) is 17.5. The highest BCUT2D eigenvalue weighted by atomic mass is 32.2. The normalized spacial score (nSPS) is 17.5. The van der Waals surface area contributed by atoms with Crippen molar-refractivity contribution in [1.82, 2.24) is 10.1 Å². The fourth-order valence-corrected chi connectivity index (χ4v) is 6.05. The molecule has 0 spiro atoms. The highest BCUT2D eigenvalue weighted by Gasteiger charge is 2.31. The number of amides is 1. The van der Waals surface area contributed by atoms with Gasteiger partial charge in [0.2, 0.25) is 0 Å². The second-order valence-corrected chi connectivity index (χ2v) is 10.5. The van der Waals surface area contributed by atoms with Crippen LogP contribution in [-0.4, -0.2) is 29.7 Å². The number of carbonyl (C=O) groups excluding carboxylic acids is 1. The summed E-state index contributed by atoms with van der Waals surface area (Å²) >= 11 is 0. The van der Waals surface area contributed by atoms with E-state index < -0.39 is 9.84 Å². The van der Waals surface area contributed by atoms with E-state index in [-0.39, 0.29) is 11.2 Å². The summed E-state index contributed by atoms with van der Waals surface area (Å²) in [6.07, 6.45) is 5.49. The molecule has 0 unspecified atom stereocenters. The number of aryl methyl sites for hydroxylation is 1. The van der Waals surface area contributed by atoms with Crippen molar-refractivity contribution >= 4 is 32.5 Å². The number of sulfone groups is 1. The van der Waals surface area contributed by atoms with Crippen molar-refractivity contribution in [3.05, 3.63) is 47.3 Å². The van der Waals surface area contributed by atoms with Gasteiger partial charge in [-0.1, -0.05) is 18.0 Å². The molecule has 0 bridgehead atoms. The molecule has 1 amide bonds. The summed E-state index contributed by atoms with van der Waals surface area (Å²) in [6, 6.07) is 8.25. The SMILES string of the molecule is Cc1noc2nc(C3CC3)cc(C(=O)Nc3ccc(S(=O)(=O)C4CCCC4)cc3)c12. The number of anilines is 1. The first-order valence-electron chi connectivity index (χ1n) is 10.4. The molecule has 8 heteroatoms. The number of rotatable bonds is 5. The summed E-state index contributed by atoms with van der Waals surface area (Å²) < 4.78 is 30.8. The zero-order chi connectivity index (χ0) is 20.9.